The van der Waals surface area contributed by atoms with Gasteiger partial charge in [-0.1, -0.05) is 45.9 Å². The van der Waals surface area contributed by atoms with Crippen molar-refractivity contribution in [2.75, 3.05) is 26.2 Å². The lowest BCUT2D eigenvalue weighted by molar-refractivity contribution is 0.0650. The van der Waals surface area contributed by atoms with Crippen LogP contribution in [0, 0.1) is 11.8 Å². The molecule has 1 unspecified atom stereocenters. The number of hydrogen-bond donors (Lipinski definition) is 1. The number of para-hydroxylation sites is 1. The molecule has 0 saturated carbocycles. The van der Waals surface area contributed by atoms with Gasteiger partial charge < -0.3 is 14.7 Å². The predicted octanol–water partition coefficient (Wildman–Crippen LogP) is 3.82. The highest BCUT2D eigenvalue weighted by molar-refractivity contribution is 5.20. The average molecular weight is 307 g/mol. The Kier molecular flexibility index (Phi) is 9.17. The molecule has 0 aliphatic rings. The SMILES string of the molecule is CC(C)CCN(CCC(C)C)CC(O)COc1ccccc1. The lowest BCUT2D eigenvalue weighted by Crippen LogP contribution is -2.37. The molecule has 0 fully saturated rings. The largest absolute Gasteiger partial charge is 0.491 e. The molecular formula is C19H33NO2. The van der Waals surface area contributed by atoms with Crippen LogP contribution in [0.3, 0.4) is 0 Å². The molecule has 0 heterocycles. The molecular weight excluding hydrogens is 274 g/mol. The zero-order chi connectivity index (χ0) is 16.4. The van der Waals surface area contributed by atoms with Crippen molar-refractivity contribution in [3.8, 4) is 5.75 Å². The van der Waals surface area contributed by atoms with Gasteiger partial charge in [0.15, 0.2) is 0 Å². The van der Waals surface area contributed by atoms with Crippen LogP contribution >= 0.6 is 0 Å². The van der Waals surface area contributed by atoms with Gasteiger partial charge in [-0.05, 0) is 49.9 Å². The molecule has 0 aromatic heterocycles. The summed E-state index contributed by atoms with van der Waals surface area (Å²) in [5.41, 5.74) is 0. The average Bonchev–Trinajstić information content (AvgIpc) is 2.48. The first-order valence-electron chi connectivity index (χ1n) is 8.55. The van der Waals surface area contributed by atoms with E-state index in [1.165, 1.54) is 12.8 Å². The van der Waals surface area contributed by atoms with Crippen molar-refractivity contribution in [2.45, 2.75) is 46.6 Å². The molecule has 1 aromatic rings. The van der Waals surface area contributed by atoms with Gasteiger partial charge in [0.2, 0.25) is 0 Å². The fraction of sp³-hybridized carbons (Fsp3) is 0.684. The van der Waals surface area contributed by atoms with Gasteiger partial charge in [-0.3, -0.25) is 0 Å². The molecule has 0 aliphatic heterocycles. The number of benzene rings is 1. The molecule has 0 aliphatic carbocycles. The summed E-state index contributed by atoms with van der Waals surface area (Å²) in [5, 5.41) is 10.2. The van der Waals surface area contributed by atoms with Gasteiger partial charge in [-0.25, -0.2) is 0 Å². The Bertz CT molecular complexity index is 366. The second-order valence-corrected chi connectivity index (χ2v) is 6.94. The molecule has 22 heavy (non-hydrogen) atoms. The van der Waals surface area contributed by atoms with Crippen molar-refractivity contribution in [1.29, 1.82) is 0 Å². The lowest BCUT2D eigenvalue weighted by atomic mass is 10.1. The highest BCUT2D eigenvalue weighted by Crippen LogP contribution is 2.10. The topological polar surface area (TPSA) is 32.7 Å². The van der Waals surface area contributed by atoms with Crippen LogP contribution in [0.25, 0.3) is 0 Å². The summed E-state index contributed by atoms with van der Waals surface area (Å²) in [6.45, 7) is 12.1. The van der Waals surface area contributed by atoms with E-state index in [9.17, 15) is 5.11 Å². The minimum absolute atomic E-state index is 0.351. The summed E-state index contributed by atoms with van der Waals surface area (Å²) in [5.74, 6) is 2.20. The van der Waals surface area contributed by atoms with Gasteiger partial charge in [0.1, 0.15) is 18.5 Å². The molecule has 126 valence electrons. The van der Waals surface area contributed by atoms with Gasteiger partial charge >= 0.3 is 0 Å². The van der Waals surface area contributed by atoms with Crippen molar-refractivity contribution in [3.05, 3.63) is 30.3 Å². The molecule has 1 rings (SSSR count). The molecule has 1 N–H and O–H groups in total. The van der Waals surface area contributed by atoms with Crippen LogP contribution in [0.1, 0.15) is 40.5 Å². The van der Waals surface area contributed by atoms with Gasteiger partial charge in [-0.15, -0.1) is 0 Å². The molecule has 0 bridgehead atoms. The Morgan fingerprint density at radius 1 is 0.955 bits per heavy atom. The number of aliphatic hydroxyl groups excluding tert-OH is 1. The highest BCUT2D eigenvalue weighted by atomic mass is 16.5. The van der Waals surface area contributed by atoms with E-state index in [1.54, 1.807) is 0 Å². The maximum Gasteiger partial charge on any atom is 0.119 e. The third kappa shape index (κ3) is 9.06. The van der Waals surface area contributed by atoms with Crippen molar-refractivity contribution >= 4 is 0 Å². The zero-order valence-corrected chi connectivity index (χ0v) is 14.7. The van der Waals surface area contributed by atoms with Gasteiger partial charge in [-0.2, -0.15) is 0 Å². The Morgan fingerprint density at radius 3 is 2.00 bits per heavy atom. The van der Waals surface area contributed by atoms with Crippen LogP contribution in [0.4, 0.5) is 0 Å². The van der Waals surface area contributed by atoms with E-state index in [0.717, 1.165) is 18.8 Å². The fourth-order valence-corrected chi connectivity index (χ4v) is 2.24. The molecule has 0 amide bonds. The fourth-order valence-electron chi connectivity index (χ4n) is 2.24. The molecule has 3 nitrogen and oxygen atoms in total. The number of rotatable bonds is 11. The van der Waals surface area contributed by atoms with Gasteiger partial charge in [0.25, 0.3) is 0 Å². The molecule has 0 saturated heterocycles. The second kappa shape index (κ2) is 10.6. The molecule has 1 aromatic carbocycles. The molecule has 1 atom stereocenters. The van der Waals surface area contributed by atoms with Crippen LogP contribution in [0.2, 0.25) is 0 Å². The molecule has 0 radical (unpaired) electrons. The zero-order valence-electron chi connectivity index (χ0n) is 14.7. The Hall–Kier alpha value is -1.06. The number of ether oxygens (including phenoxy) is 1. The van der Waals surface area contributed by atoms with E-state index in [2.05, 4.69) is 32.6 Å². The minimum atomic E-state index is -0.445. The van der Waals surface area contributed by atoms with E-state index in [4.69, 9.17) is 4.74 Å². The third-order valence-electron chi connectivity index (χ3n) is 3.70. The normalized spacial score (nSPS) is 13.1. The summed E-state index contributed by atoms with van der Waals surface area (Å²) in [6.07, 6.45) is 1.90. The van der Waals surface area contributed by atoms with Crippen molar-refractivity contribution in [2.24, 2.45) is 11.8 Å². The standard InChI is InChI=1S/C19H33NO2/c1-16(2)10-12-20(13-11-17(3)4)14-18(21)15-22-19-8-6-5-7-9-19/h5-9,16-18,21H,10-15H2,1-4H3. The van der Waals surface area contributed by atoms with Crippen LogP contribution in [-0.2, 0) is 0 Å². The van der Waals surface area contributed by atoms with Gasteiger partial charge in [0.05, 0.1) is 0 Å². The Balaban J connectivity index is 2.37. The summed E-state index contributed by atoms with van der Waals surface area (Å²) < 4.78 is 5.64. The first kappa shape index (κ1) is 19.0. The maximum absolute atomic E-state index is 10.2. The van der Waals surface area contributed by atoms with Crippen LogP contribution < -0.4 is 4.74 Å². The van der Waals surface area contributed by atoms with Crippen LogP contribution in [-0.4, -0.2) is 42.4 Å². The Morgan fingerprint density at radius 2 is 1.50 bits per heavy atom. The third-order valence-corrected chi connectivity index (χ3v) is 3.70. The summed E-state index contributed by atoms with van der Waals surface area (Å²) in [6, 6.07) is 9.69. The maximum atomic E-state index is 10.2. The second-order valence-electron chi connectivity index (χ2n) is 6.94. The molecule has 3 heteroatoms. The number of hydrogen-bond acceptors (Lipinski definition) is 3. The van der Waals surface area contributed by atoms with Crippen LogP contribution in [0.5, 0.6) is 5.75 Å². The van der Waals surface area contributed by atoms with Crippen molar-refractivity contribution in [1.82, 2.24) is 4.90 Å². The first-order chi connectivity index (χ1) is 10.5. The van der Waals surface area contributed by atoms with Crippen molar-refractivity contribution in [3.63, 3.8) is 0 Å². The number of aliphatic hydroxyl groups is 1. The quantitative estimate of drug-likeness (QED) is 0.674. The summed E-state index contributed by atoms with van der Waals surface area (Å²) >= 11 is 0. The van der Waals surface area contributed by atoms with E-state index in [1.807, 2.05) is 30.3 Å². The van der Waals surface area contributed by atoms with Gasteiger partial charge in [0, 0.05) is 6.54 Å². The first-order valence-corrected chi connectivity index (χ1v) is 8.55. The Labute approximate surface area is 136 Å². The number of nitrogens with zero attached hydrogens (tertiary/aromatic N) is 1. The van der Waals surface area contributed by atoms with Crippen molar-refractivity contribution < 1.29 is 9.84 Å². The van der Waals surface area contributed by atoms with E-state index in [0.29, 0.717) is 25.0 Å². The summed E-state index contributed by atoms with van der Waals surface area (Å²) in [7, 11) is 0. The smallest absolute Gasteiger partial charge is 0.119 e. The molecule has 0 spiro atoms. The van der Waals surface area contributed by atoms with E-state index >= 15 is 0 Å². The van der Waals surface area contributed by atoms with Crippen LogP contribution in [0.15, 0.2) is 30.3 Å². The van der Waals surface area contributed by atoms with E-state index in [-0.39, 0.29) is 0 Å². The monoisotopic (exact) mass is 307 g/mol. The minimum Gasteiger partial charge on any atom is -0.491 e. The summed E-state index contributed by atoms with van der Waals surface area (Å²) in [4.78, 5) is 2.37. The highest BCUT2D eigenvalue weighted by Gasteiger charge is 2.13. The lowest BCUT2D eigenvalue weighted by Gasteiger charge is -2.26. The van der Waals surface area contributed by atoms with E-state index < -0.39 is 6.10 Å². The predicted molar refractivity (Wildman–Crippen MR) is 93.3 cm³/mol.